The van der Waals surface area contributed by atoms with Crippen molar-refractivity contribution in [1.82, 2.24) is 19.9 Å². The minimum atomic E-state index is 0.609. The molecule has 0 bridgehead atoms. The maximum atomic E-state index is 5.39. The summed E-state index contributed by atoms with van der Waals surface area (Å²) in [6.45, 7) is 0. The van der Waals surface area contributed by atoms with Crippen molar-refractivity contribution in [2.45, 2.75) is 0 Å². The van der Waals surface area contributed by atoms with Gasteiger partial charge in [0.25, 0.3) is 0 Å². The molecule has 66 heavy (non-hydrogen) atoms. The Morgan fingerprint density at radius 2 is 0.697 bits per heavy atom. The van der Waals surface area contributed by atoms with Crippen LogP contribution in [0.25, 0.3) is 132 Å². The Morgan fingerprint density at radius 1 is 0.227 bits per heavy atom. The molecule has 0 unspecified atom stereocenters. The van der Waals surface area contributed by atoms with Crippen LogP contribution >= 0.6 is 0 Å². The van der Waals surface area contributed by atoms with E-state index in [1.807, 2.05) is 0 Å². The number of hydrogen-bond donors (Lipinski definition) is 0. The number of aromatic nitrogens is 4. The van der Waals surface area contributed by atoms with E-state index in [1.165, 1.54) is 27.3 Å². The second-order valence-electron chi connectivity index (χ2n) is 16.9. The Bertz CT molecular complexity index is 3910. The van der Waals surface area contributed by atoms with Gasteiger partial charge in [-0.3, -0.25) is 0 Å². The molecule has 2 aromatic heterocycles. The summed E-state index contributed by atoms with van der Waals surface area (Å²) in [5, 5.41) is 12.6. The van der Waals surface area contributed by atoms with Crippen LogP contribution in [0, 0.1) is 0 Å². The Kier molecular flexibility index (Phi) is 8.81. The highest BCUT2D eigenvalue weighted by Gasteiger charge is 2.20. The first-order valence-electron chi connectivity index (χ1n) is 22.4. The summed E-state index contributed by atoms with van der Waals surface area (Å²) < 4.78 is 0. The highest BCUT2D eigenvalue weighted by atomic mass is 15.0. The van der Waals surface area contributed by atoms with E-state index in [1.54, 1.807) is 0 Å². The van der Waals surface area contributed by atoms with E-state index >= 15 is 0 Å². The van der Waals surface area contributed by atoms with E-state index in [2.05, 4.69) is 231 Å². The van der Waals surface area contributed by atoms with E-state index in [9.17, 15) is 0 Å². The molecule has 0 spiro atoms. The summed E-state index contributed by atoms with van der Waals surface area (Å²) in [5.74, 6) is 1.87. The van der Waals surface area contributed by atoms with Gasteiger partial charge in [0.15, 0.2) is 17.5 Å². The normalized spacial score (nSPS) is 11.6. The lowest BCUT2D eigenvalue weighted by Gasteiger charge is -2.16. The fourth-order valence-electron chi connectivity index (χ4n) is 9.97. The van der Waals surface area contributed by atoms with Gasteiger partial charge in [0.2, 0.25) is 0 Å². The first-order valence-corrected chi connectivity index (χ1v) is 22.4. The Morgan fingerprint density at radius 3 is 1.33 bits per heavy atom. The molecule has 0 saturated heterocycles. The minimum absolute atomic E-state index is 0.609. The number of nitrogens with zero attached hydrogens (tertiary/aromatic N) is 4. The van der Waals surface area contributed by atoms with E-state index < -0.39 is 0 Å². The van der Waals surface area contributed by atoms with E-state index in [-0.39, 0.29) is 0 Å². The largest absolute Gasteiger partial charge is 0.247 e. The summed E-state index contributed by atoms with van der Waals surface area (Å²) in [7, 11) is 0. The Labute approximate surface area is 381 Å². The van der Waals surface area contributed by atoms with Gasteiger partial charge in [0.05, 0.1) is 11.2 Å². The Balaban J connectivity index is 1.03. The number of benzene rings is 11. The fourth-order valence-corrected chi connectivity index (χ4v) is 9.97. The van der Waals surface area contributed by atoms with Crippen LogP contribution in [0.1, 0.15) is 0 Å². The van der Waals surface area contributed by atoms with Crippen LogP contribution in [0.4, 0.5) is 0 Å². The van der Waals surface area contributed by atoms with Crippen LogP contribution in [-0.2, 0) is 0 Å². The van der Waals surface area contributed by atoms with E-state index in [4.69, 9.17) is 19.9 Å². The predicted octanol–water partition coefficient (Wildman–Crippen LogP) is 16.2. The quantitative estimate of drug-likeness (QED) is 0.157. The molecule has 2 heterocycles. The third-order valence-corrected chi connectivity index (χ3v) is 13.1. The molecule has 306 valence electrons. The molecule has 0 aliphatic carbocycles. The zero-order valence-electron chi connectivity index (χ0n) is 35.7. The van der Waals surface area contributed by atoms with Crippen molar-refractivity contribution in [3.8, 4) is 67.7 Å². The summed E-state index contributed by atoms with van der Waals surface area (Å²) in [6, 6.07) is 81.7. The number of rotatable bonds is 6. The number of pyridine rings is 1. The van der Waals surface area contributed by atoms with Crippen molar-refractivity contribution in [3.63, 3.8) is 0 Å². The highest BCUT2D eigenvalue weighted by Crippen LogP contribution is 2.42. The fraction of sp³-hybridized carbons (Fsp3) is 0. The van der Waals surface area contributed by atoms with Gasteiger partial charge in [0.1, 0.15) is 0 Å². The van der Waals surface area contributed by atoms with Crippen LogP contribution in [0.2, 0.25) is 0 Å². The molecule has 0 fully saturated rings. The molecule has 13 rings (SSSR count). The van der Waals surface area contributed by atoms with E-state index in [0.29, 0.717) is 17.5 Å². The van der Waals surface area contributed by atoms with E-state index in [0.717, 1.165) is 87.7 Å². The van der Waals surface area contributed by atoms with Crippen molar-refractivity contribution in [2.75, 3.05) is 0 Å². The van der Waals surface area contributed by atoms with Crippen LogP contribution in [0.5, 0.6) is 0 Å². The molecule has 4 heteroatoms. The lowest BCUT2D eigenvalue weighted by molar-refractivity contribution is 1.08. The van der Waals surface area contributed by atoms with Gasteiger partial charge in [-0.25, -0.2) is 19.9 Å². The molecule has 0 aliphatic heterocycles. The molecule has 0 saturated carbocycles. The minimum Gasteiger partial charge on any atom is -0.247 e. The first kappa shape index (κ1) is 37.7. The smallest absolute Gasteiger partial charge is 0.164 e. The molecule has 13 aromatic rings. The summed E-state index contributed by atoms with van der Waals surface area (Å²) in [6.07, 6.45) is 0. The molecule has 0 atom stereocenters. The van der Waals surface area contributed by atoms with Crippen molar-refractivity contribution in [1.29, 1.82) is 0 Å². The van der Waals surface area contributed by atoms with Crippen LogP contribution in [-0.4, -0.2) is 19.9 Å². The molecule has 4 nitrogen and oxygen atoms in total. The van der Waals surface area contributed by atoms with Crippen LogP contribution in [0.3, 0.4) is 0 Å². The zero-order chi connectivity index (χ0) is 43.6. The van der Waals surface area contributed by atoms with Gasteiger partial charge < -0.3 is 0 Å². The zero-order valence-corrected chi connectivity index (χ0v) is 35.7. The number of hydrogen-bond acceptors (Lipinski definition) is 4. The van der Waals surface area contributed by atoms with Gasteiger partial charge in [-0.05, 0) is 95.7 Å². The monoisotopic (exact) mass is 838 g/mol. The second kappa shape index (κ2) is 15.4. The highest BCUT2D eigenvalue weighted by molar-refractivity contribution is 6.18. The molecule has 0 aliphatic rings. The predicted molar refractivity (Wildman–Crippen MR) is 275 cm³/mol. The van der Waals surface area contributed by atoms with Gasteiger partial charge in [-0.1, -0.05) is 200 Å². The first-order chi connectivity index (χ1) is 32.7. The summed E-state index contributed by atoms with van der Waals surface area (Å²) in [5.41, 5.74) is 10.3. The second-order valence-corrected chi connectivity index (χ2v) is 16.9. The van der Waals surface area contributed by atoms with Gasteiger partial charge >= 0.3 is 0 Å². The average molecular weight is 839 g/mol. The summed E-state index contributed by atoms with van der Waals surface area (Å²) >= 11 is 0. The molecular weight excluding hydrogens is 801 g/mol. The lowest BCUT2D eigenvalue weighted by atomic mass is 9.91. The lowest BCUT2D eigenvalue weighted by Crippen LogP contribution is -2.01. The molecule has 11 aromatic carbocycles. The third-order valence-electron chi connectivity index (χ3n) is 13.1. The molecular formula is C62H38N4. The van der Waals surface area contributed by atoms with Crippen LogP contribution in [0.15, 0.2) is 231 Å². The molecule has 0 N–H and O–H groups in total. The average Bonchev–Trinajstić information content (AvgIpc) is 3.40. The maximum absolute atomic E-state index is 5.39. The topological polar surface area (TPSA) is 51.6 Å². The SMILES string of the molecule is c1ccc(-c2nc3ccc(-c4cccc(-c5nc(-c6cc7ccccc7c7ccccc67)nc(-c6cc7ccccc7c7ccccc67)n5)c4)cc3c3c(-c4ccccc4)cccc23)cc1. The number of fused-ring (bicyclic) bond motifs is 9. The third kappa shape index (κ3) is 6.30. The van der Waals surface area contributed by atoms with Crippen molar-refractivity contribution >= 4 is 64.8 Å². The van der Waals surface area contributed by atoms with Gasteiger partial charge in [-0.15, -0.1) is 0 Å². The van der Waals surface area contributed by atoms with Crippen LogP contribution < -0.4 is 0 Å². The van der Waals surface area contributed by atoms with Crippen molar-refractivity contribution in [3.05, 3.63) is 231 Å². The molecule has 0 radical (unpaired) electrons. The standard InChI is InChI=1S/C62H38N4/c1-3-17-39(18-4-1)48-31-16-32-53-58(48)56-36-42(33-34-57(56)63-59(53)40-19-5-2-6-20-40)41-23-15-24-45(35-41)60-64-61(54-37-43-21-7-9-25-46(43)49-27-11-13-29-51(49)54)66-62(65-60)55-38-44-22-8-10-26-47(44)50-28-12-14-30-52(50)55/h1-38H. The van der Waals surface area contributed by atoms with Gasteiger partial charge in [-0.2, -0.15) is 0 Å². The van der Waals surface area contributed by atoms with Crippen molar-refractivity contribution in [2.24, 2.45) is 0 Å². The Hall–Kier alpha value is -8.86. The maximum Gasteiger partial charge on any atom is 0.164 e. The van der Waals surface area contributed by atoms with Crippen molar-refractivity contribution < 1.29 is 0 Å². The summed E-state index contributed by atoms with van der Waals surface area (Å²) in [4.78, 5) is 21.5. The molecule has 0 amide bonds. The van der Waals surface area contributed by atoms with Gasteiger partial charge in [0, 0.05) is 38.4 Å².